The first-order valence-electron chi connectivity index (χ1n) is 11.0. The zero-order valence-corrected chi connectivity index (χ0v) is 17.6. The molecule has 0 aromatic heterocycles. The second-order valence-electron chi connectivity index (χ2n) is 9.32. The fourth-order valence-corrected chi connectivity index (χ4v) is 6.68. The number of ether oxygens (including phenoxy) is 1. The van der Waals surface area contributed by atoms with Crippen molar-refractivity contribution in [3.05, 3.63) is 29.8 Å². The Morgan fingerprint density at radius 2 is 1.86 bits per heavy atom. The first-order chi connectivity index (χ1) is 14.0. The van der Waals surface area contributed by atoms with Crippen molar-refractivity contribution in [2.75, 3.05) is 19.6 Å². The lowest BCUT2D eigenvalue weighted by Gasteiger charge is -2.46. The third-order valence-corrected chi connectivity index (χ3v) is 9.36. The van der Waals surface area contributed by atoms with Gasteiger partial charge in [0.2, 0.25) is 15.9 Å². The Hall–Kier alpha value is -1.60. The molecule has 1 aromatic carbocycles. The first kappa shape index (κ1) is 19.4. The number of sulfonamides is 1. The van der Waals surface area contributed by atoms with Crippen LogP contribution in [0.2, 0.25) is 0 Å². The average Bonchev–Trinajstić information content (AvgIpc) is 3.60. The number of amides is 1. The van der Waals surface area contributed by atoms with Gasteiger partial charge in [-0.05, 0) is 49.7 Å². The summed E-state index contributed by atoms with van der Waals surface area (Å²) in [4.78, 5) is 12.6. The standard InChI is InChI=1S/C22H30N2O4S/c25-21(23-15-16-5-6-16)13-17-14-22(28-20-4-2-1-3-19(17)20)9-11-24(12-10-22)29(26,27)18-7-8-18/h1-4,16-18H,5-15H2,(H,23,25). The molecule has 29 heavy (non-hydrogen) atoms. The number of para-hydroxylation sites is 1. The van der Waals surface area contributed by atoms with E-state index in [9.17, 15) is 13.2 Å². The van der Waals surface area contributed by atoms with E-state index >= 15 is 0 Å². The van der Waals surface area contributed by atoms with E-state index in [1.807, 2.05) is 18.2 Å². The molecule has 5 rings (SSSR count). The molecule has 2 saturated carbocycles. The number of nitrogens with one attached hydrogen (secondary N) is 1. The van der Waals surface area contributed by atoms with Gasteiger partial charge in [-0.2, -0.15) is 0 Å². The normalized spacial score (nSPS) is 26.6. The molecular weight excluding hydrogens is 388 g/mol. The fraction of sp³-hybridized carbons (Fsp3) is 0.682. The summed E-state index contributed by atoms with van der Waals surface area (Å²) in [5, 5.41) is 2.93. The number of nitrogens with zero attached hydrogens (tertiary/aromatic N) is 1. The number of hydrogen-bond acceptors (Lipinski definition) is 4. The second-order valence-corrected chi connectivity index (χ2v) is 11.5. The van der Waals surface area contributed by atoms with Crippen molar-refractivity contribution in [1.29, 1.82) is 0 Å². The highest BCUT2D eigenvalue weighted by molar-refractivity contribution is 7.90. The summed E-state index contributed by atoms with van der Waals surface area (Å²) in [7, 11) is -3.13. The van der Waals surface area contributed by atoms with Crippen molar-refractivity contribution in [3.8, 4) is 5.75 Å². The van der Waals surface area contributed by atoms with Crippen molar-refractivity contribution in [3.63, 3.8) is 0 Å². The largest absolute Gasteiger partial charge is 0.487 e. The lowest BCUT2D eigenvalue weighted by molar-refractivity contribution is -0.122. The minimum Gasteiger partial charge on any atom is -0.487 e. The number of rotatable bonds is 6. The summed E-state index contributed by atoms with van der Waals surface area (Å²) < 4.78 is 33.3. The zero-order chi connectivity index (χ0) is 20.1. The molecule has 0 radical (unpaired) electrons. The van der Waals surface area contributed by atoms with E-state index in [-0.39, 0.29) is 22.7 Å². The molecule has 2 heterocycles. The molecule has 2 aliphatic carbocycles. The Morgan fingerprint density at radius 1 is 1.14 bits per heavy atom. The van der Waals surface area contributed by atoms with Gasteiger partial charge in [-0.15, -0.1) is 0 Å². The Morgan fingerprint density at radius 3 is 2.55 bits per heavy atom. The van der Waals surface area contributed by atoms with Crippen LogP contribution in [0, 0.1) is 5.92 Å². The van der Waals surface area contributed by atoms with E-state index in [2.05, 4.69) is 11.4 Å². The molecule has 1 unspecified atom stereocenters. The van der Waals surface area contributed by atoms with Crippen LogP contribution in [0.3, 0.4) is 0 Å². The van der Waals surface area contributed by atoms with Crippen LogP contribution in [-0.2, 0) is 14.8 Å². The minimum absolute atomic E-state index is 0.113. The maximum atomic E-state index is 12.6. The van der Waals surface area contributed by atoms with Gasteiger partial charge in [0.1, 0.15) is 11.4 Å². The van der Waals surface area contributed by atoms with E-state index in [1.54, 1.807) is 4.31 Å². The molecule has 6 nitrogen and oxygen atoms in total. The number of fused-ring (bicyclic) bond motifs is 1. The predicted octanol–water partition coefficient (Wildman–Crippen LogP) is 2.80. The summed E-state index contributed by atoms with van der Waals surface area (Å²) in [6, 6.07) is 8.02. The van der Waals surface area contributed by atoms with E-state index < -0.39 is 10.0 Å². The van der Waals surface area contributed by atoms with Crippen LogP contribution in [0.15, 0.2) is 24.3 Å². The number of piperidine rings is 1. The van der Waals surface area contributed by atoms with Crippen molar-refractivity contribution < 1.29 is 17.9 Å². The monoisotopic (exact) mass is 418 g/mol. The molecule has 1 amide bonds. The highest BCUT2D eigenvalue weighted by Gasteiger charge is 2.48. The van der Waals surface area contributed by atoms with Crippen LogP contribution in [0.1, 0.15) is 62.8 Å². The van der Waals surface area contributed by atoms with Crippen LogP contribution < -0.4 is 10.1 Å². The topological polar surface area (TPSA) is 75.7 Å². The summed E-state index contributed by atoms with van der Waals surface area (Å²) in [5.41, 5.74) is 0.735. The maximum Gasteiger partial charge on any atom is 0.220 e. The van der Waals surface area contributed by atoms with Gasteiger partial charge in [0, 0.05) is 44.8 Å². The van der Waals surface area contributed by atoms with Gasteiger partial charge in [0.05, 0.1) is 5.25 Å². The Labute approximate surface area is 173 Å². The lowest BCUT2D eigenvalue weighted by Crippen LogP contribution is -2.52. The van der Waals surface area contributed by atoms with Gasteiger partial charge in [-0.1, -0.05) is 18.2 Å². The van der Waals surface area contributed by atoms with E-state index in [0.717, 1.165) is 37.1 Å². The molecule has 1 saturated heterocycles. The first-order valence-corrected chi connectivity index (χ1v) is 12.5. The summed E-state index contributed by atoms with van der Waals surface area (Å²) >= 11 is 0. The molecule has 4 aliphatic rings. The van der Waals surface area contributed by atoms with Gasteiger partial charge in [-0.25, -0.2) is 12.7 Å². The van der Waals surface area contributed by atoms with Crippen molar-refractivity contribution in [1.82, 2.24) is 9.62 Å². The van der Waals surface area contributed by atoms with Gasteiger partial charge in [-0.3, -0.25) is 4.79 Å². The number of benzene rings is 1. The van der Waals surface area contributed by atoms with Gasteiger partial charge in [0.15, 0.2) is 0 Å². The van der Waals surface area contributed by atoms with Crippen LogP contribution in [-0.4, -0.2) is 49.1 Å². The minimum atomic E-state index is -3.13. The molecule has 158 valence electrons. The van der Waals surface area contributed by atoms with Crippen LogP contribution in [0.4, 0.5) is 0 Å². The highest BCUT2D eigenvalue weighted by Crippen LogP contribution is 2.47. The van der Waals surface area contributed by atoms with Gasteiger partial charge >= 0.3 is 0 Å². The SMILES string of the molecule is O=C(CC1CC2(CCN(S(=O)(=O)C3CC3)CC2)Oc2ccccc21)NCC1CC1. The van der Waals surface area contributed by atoms with Crippen molar-refractivity contribution in [2.24, 2.45) is 5.92 Å². The van der Waals surface area contributed by atoms with Crippen LogP contribution >= 0.6 is 0 Å². The molecule has 2 aliphatic heterocycles. The highest BCUT2D eigenvalue weighted by atomic mass is 32.2. The zero-order valence-electron chi connectivity index (χ0n) is 16.8. The molecule has 1 spiro atoms. The van der Waals surface area contributed by atoms with Crippen LogP contribution in [0.25, 0.3) is 0 Å². The Balaban J connectivity index is 1.29. The maximum absolute atomic E-state index is 12.6. The Bertz CT molecular complexity index is 884. The molecule has 1 aromatic rings. The third kappa shape index (κ3) is 4.04. The third-order valence-electron chi connectivity index (χ3n) is 6.96. The summed E-state index contributed by atoms with van der Waals surface area (Å²) in [6.45, 7) is 1.83. The van der Waals surface area contributed by atoms with E-state index in [4.69, 9.17) is 4.74 Å². The van der Waals surface area contributed by atoms with Gasteiger partial charge in [0.25, 0.3) is 0 Å². The van der Waals surface area contributed by atoms with E-state index in [0.29, 0.717) is 38.3 Å². The Kier molecular flexibility index (Phi) is 4.86. The molecule has 7 heteroatoms. The second kappa shape index (κ2) is 7.27. The fourth-order valence-electron chi connectivity index (χ4n) is 4.83. The number of carbonyl (C=O) groups excluding carboxylic acids is 1. The molecule has 1 N–H and O–H groups in total. The van der Waals surface area contributed by atoms with Crippen molar-refractivity contribution in [2.45, 2.75) is 68.1 Å². The average molecular weight is 419 g/mol. The molecule has 1 atom stereocenters. The smallest absolute Gasteiger partial charge is 0.220 e. The molecular formula is C22H30N2O4S. The lowest BCUT2D eigenvalue weighted by atomic mass is 9.76. The quantitative estimate of drug-likeness (QED) is 0.771. The summed E-state index contributed by atoms with van der Waals surface area (Å²) in [6.07, 6.45) is 6.67. The van der Waals surface area contributed by atoms with Crippen molar-refractivity contribution >= 4 is 15.9 Å². The van der Waals surface area contributed by atoms with Crippen LogP contribution in [0.5, 0.6) is 5.75 Å². The number of carbonyl (C=O) groups is 1. The molecule has 3 fully saturated rings. The number of hydrogen-bond donors (Lipinski definition) is 1. The summed E-state index contributed by atoms with van der Waals surface area (Å²) in [5.74, 6) is 1.76. The molecule has 0 bridgehead atoms. The predicted molar refractivity (Wildman–Crippen MR) is 110 cm³/mol. The van der Waals surface area contributed by atoms with E-state index in [1.165, 1.54) is 12.8 Å². The van der Waals surface area contributed by atoms with Gasteiger partial charge < -0.3 is 10.1 Å².